The number of carbonyl (C=O) groups is 2. The van der Waals surface area contributed by atoms with Crippen LogP contribution in [0.2, 0.25) is 0 Å². The number of nitrogens with two attached hydrogens (primary N) is 1. The lowest BCUT2D eigenvalue weighted by atomic mass is 10.1. The second kappa shape index (κ2) is 13.1. The minimum Gasteiger partial charge on any atom is -0.482 e. The molecule has 0 saturated carbocycles. The van der Waals surface area contributed by atoms with Crippen LogP contribution in [0.1, 0.15) is 34.8 Å². The quantitative estimate of drug-likeness (QED) is 0.165. The Morgan fingerprint density at radius 2 is 1.64 bits per heavy atom. The van der Waals surface area contributed by atoms with E-state index in [-0.39, 0.29) is 28.9 Å². The van der Waals surface area contributed by atoms with Gasteiger partial charge < -0.3 is 26.0 Å². The summed E-state index contributed by atoms with van der Waals surface area (Å²) in [5.74, 6) is -1.19. The van der Waals surface area contributed by atoms with Gasteiger partial charge in [0, 0.05) is 36.1 Å². The molecule has 1 aliphatic rings. The van der Waals surface area contributed by atoms with Crippen LogP contribution in [0, 0.1) is 5.82 Å². The molecule has 1 atom stereocenters. The van der Waals surface area contributed by atoms with Gasteiger partial charge in [0.05, 0.1) is 5.69 Å². The minimum atomic E-state index is -4.58. The number of ether oxygens (including phenoxy) is 1. The number of anilines is 3. The fraction of sp³-hybridized carbons (Fsp3) is 0.212. The van der Waals surface area contributed by atoms with E-state index in [2.05, 4.69) is 20.7 Å². The number of halogens is 4. The summed E-state index contributed by atoms with van der Waals surface area (Å²) in [7, 11) is 0. The molecule has 0 spiro atoms. The third-order valence-corrected chi connectivity index (χ3v) is 7.59. The number of hydrogen-bond donors (Lipinski definition) is 3. The number of alkyl halides is 3. The molecule has 0 aliphatic carbocycles. The largest absolute Gasteiger partial charge is 0.482 e. The van der Waals surface area contributed by atoms with E-state index < -0.39 is 30.5 Å². The summed E-state index contributed by atoms with van der Waals surface area (Å²) in [6, 6.07) is 19.3. The minimum absolute atomic E-state index is 0.105. The zero-order valence-corrected chi connectivity index (χ0v) is 24.8. The van der Waals surface area contributed by atoms with E-state index in [1.165, 1.54) is 47.0 Å². The molecule has 10 nitrogen and oxygen atoms in total. The van der Waals surface area contributed by atoms with Crippen molar-refractivity contribution in [3.63, 3.8) is 0 Å². The second-order valence-corrected chi connectivity index (χ2v) is 11.0. The molecule has 4 N–H and O–H groups in total. The zero-order valence-electron chi connectivity index (χ0n) is 24.8. The lowest BCUT2D eigenvalue weighted by Gasteiger charge is -2.18. The van der Waals surface area contributed by atoms with Crippen molar-refractivity contribution in [2.75, 3.05) is 30.3 Å². The van der Waals surface area contributed by atoms with Crippen molar-refractivity contribution in [3.05, 3.63) is 102 Å². The molecule has 1 fully saturated rings. The van der Waals surface area contributed by atoms with Crippen molar-refractivity contribution in [2.45, 2.75) is 25.1 Å². The molecule has 0 bridgehead atoms. The van der Waals surface area contributed by atoms with E-state index in [4.69, 9.17) is 10.5 Å². The maximum absolute atomic E-state index is 13.2. The van der Waals surface area contributed by atoms with Crippen molar-refractivity contribution in [3.8, 4) is 16.9 Å². The smallest absolute Gasteiger partial charge is 0.422 e. The number of carbonyl (C=O) groups excluding carboxylic acids is 2. The number of hydrogen-bond acceptors (Lipinski definition) is 7. The van der Waals surface area contributed by atoms with Crippen LogP contribution < -0.4 is 21.1 Å². The van der Waals surface area contributed by atoms with Crippen LogP contribution >= 0.6 is 0 Å². The number of fused-ring (bicyclic) bond motifs is 1. The highest BCUT2D eigenvalue weighted by Gasteiger charge is 2.29. The predicted octanol–water partition coefficient (Wildman–Crippen LogP) is 6.09. The Morgan fingerprint density at radius 3 is 2.34 bits per heavy atom. The van der Waals surface area contributed by atoms with E-state index in [0.717, 1.165) is 24.0 Å². The number of likely N-dealkylation sites (tertiary alicyclic amines) is 1. The van der Waals surface area contributed by atoms with Crippen LogP contribution in [0.4, 0.5) is 34.9 Å². The highest BCUT2D eigenvalue weighted by Crippen LogP contribution is 2.31. The summed E-state index contributed by atoms with van der Waals surface area (Å²) in [6.45, 7) is -0.341. The average molecular weight is 648 g/mol. The Bertz CT molecular complexity index is 1900. The molecule has 3 heterocycles. The summed E-state index contributed by atoms with van der Waals surface area (Å²) in [5, 5.41) is 10.1. The van der Waals surface area contributed by atoms with Gasteiger partial charge in [-0.25, -0.2) is 8.91 Å². The highest BCUT2D eigenvalue weighted by molar-refractivity contribution is 5.96. The number of rotatable bonds is 9. The molecule has 47 heavy (non-hydrogen) atoms. The Hall–Kier alpha value is -5.50. The fourth-order valence-corrected chi connectivity index (χ4v) is 5.16. The Balaban J connectivity index is 1.17. The van der Waals surface area contributed by atoms with Crippen LogP contribution in [0.5, 0.6) is 5.75 Å². The summed E-state index contributed by atoms with van der Waals surface area (Å²) in [5.41, 5.74) is 9.45. The Kier molecular flexibility index (Phi) is 8.76. The molecule has 0 unspecified atom stereocenters. The summed E-state index contributed by atoms with van der Waals surface area (Å²) in [6.07, 6.45) is -1.10. The molecule has 5 aromatic rings. The van der Waals surface area contributed by atoms with Crippen molar-refractivity contribution in [1.29, 1.82) is 0 Å². The average Bonchev–Trinajstić information content (AvgIpc) is 3.74. The summed E-state index contributed by atoms with van der Waals surface area (Å²) in [4.78, 5) is 31.5. The van der Waals surface area contributed by atoms with Gasteiger partial charge in [0.1, 0.15) is 17.6 Å². The molecule has 0 radical (unpaired) electrons. The second-order valence-electron chi connectivity index (χ2n) is 11.0. The molecule has 1 aliphatic heterocycles. The third kappa shape index (κ3) is 7.49. The Morgan fingerprint density at radius 1 is 0.936 bits per heavy atom. The van der Waals surface area contributed by atoms with Crippen LogP contribution in [0.25, 0.3) is 16.8 Å². The predicted molar refractivity (Wildman–Crippen MR) is 167 cm³/mol. The maximum atomic E-state index is 13.2. The standard InChI is InChI=1S/C33H29F4N7O3/c34-24-9-3-21(4-10-24)29(38)30(45)39-25-11-5-20(6-12-25)23-8-14-28-41-32(42-44(28)18-23)40-26-13-7-22(31(46)43-15-1-2-16-43)17-27(26)47-19-33(35,36)37/h3-14,17-18,29H,1-2,15-16,19,38H2,(H,39,45)(H,40,42)/t29-/m1/s1. The number of aromatic nitrogens is 3. The summed E-state index contributed by atoms with van der Waals surface area (Å²) >= 11 is 0. The van der Waals surface area contributed by atoms with Gasteiger partial charge in [-0.1, -0.05) is 24.3 Å². The lowest BCUT2D eigenvalue weighted by molar-refractivity contribution is -0.153. The fourth-order valence-electron chi connectivity index (χ4n) is 5.16. The third-order valence-electron chi connectivity index (χ3n) is 7.59. The molecule has 242 valence electrons. The SMILES string of the molecule is N[C@@H](C(=O)Nc1ccc(-c2ccc3nc(Nc4ccc(C(=O)N5CCCC5)cc4OCC(F)(F)F)nn3c2)cc1)c1ccc(F)cc1. The van der Waals surface area contributed by atoms with Crippen molar-refractivity contribution < 1.29 is 31.9 Å². The van der Waals surface area contributed by atoms with E-state index >= 15 is 0 Å². The van der Waals surface area contributed by atoms with Crippen LogP contribution in [0.3, 0.4) is 0 Å². The number of pyridine rings is 1. The number of amides is 2. The van der Waals surface area contributed by atoms with Crippen LogP contribution in [-0.2, 0) is 4.79 Å². The number of nitrogens with one attached hydrogen (secondary N) is 2. The topological polar surface area (TPSA) is 127 Å². The lowest BCUT2D eigenvalue weighted by Crippen LogP contribution is -2.27. The van der Waals surface area contributed by atoms with E-state index in [1.54, 1.807) is 41.4 Å². The van der Waals surface area contributed by atoms with E-state index in [9.17, 15) is 27.2 Å². The molecule has 1 saturated heterocycles. The molecular weight excluding hydrogens is 618 g/mol. The van der Waals surface area contributed by atoms with Gasteiger partial charge in [0.25, 0.3) is 5.91 Å². The Labute approximate surface area is 266 Å². The number of nitrogens with zero attached hydrogens (tertiary/aromatic N) is 4. The molecule has 2 amide bonds. The molecule has 14 heteroatoms. The van der Waals surface area contributed by atoms with Gasteiger partial charge in [-0.05, 0) is 78.6 Å². The van der Waals surface area contributed by atoms with Crippen molar-refractivity contribution in [1.82, 2.24) is 19.5 Å². The van der Waals surface area contributed by atoms with Crippen molar-refractivity contribution in [2.24, 2.45) is 5.73 Å². The zero-order chi connectivity index (χ0) is 33.1. The first-order valence-corrected chi connectivity index (χ1v) is 14.7. The van der Waals surface area contributed by atoms with Gasteiger partial charge >= 0.3 is 6.18 Å². The first-order chi connectivity index (χ1) is 22.5. The van der Waals surface area contributed by atoms with Gasteiger partial charge in [-0.15, -0.1) is 5.10 Å². The monoisotopic (exact) mass is 647 g/mol. The van der Waals surface area contributed by atoms with Gasteiger partial charge in [-0.2, -0.15) is 18.2 Å². The molecule has 2 aromatic heterocycles. The normalized spacial score (nSPS) is 13.9. The van der Waals surface area contributed by atoms with E-state index in [0.29, 0.717) is 30.0 Å². The van der Waals surface area contributed by atoms with Crippen molar-refractivity contribution >= 4 is 34.8 Å². The molecule has 3 aromatic carbocycles. The first-order valence-electron chi connectivity index (χ1n) is 14.7. The highest BCUT2D eigenvalue weighted by atomic mass is 19.4. The van der Waals surface area contributed by atoms with Gasteiger partial charge in [-0.3, -0.25) is 9.59 Å². The van der Waals surface area contributed by atoms with Crippen LogP contribution in [-0.4, -0.2) is 57.2 Å². The molecule has 6 rings (SSSR count). The number of benzene rings is 3. The summed E-state index contributed by atoms with van der Waals surface area (Å²) < 4.78 is 58.9. The molecular formula is C33H29F4N7O3. The first kappa shape index (κ1) is 31.5. The van der Waals surface area contributed by atoms with Gasteiger partial charge in [0.15, 0.2) is 12.3 Å². The maximum Gasteiger partial charge on any atom is 0.422 e. The van der Waals surface area contributed by atoms with Gasteiger partial charge in [0.2, 0.25) is 11.9 Å². The van der Waals surface area contributed by atoms with E-state index in [1.807, 2.05) is 6.07 Å². The van der Waals surface area contributed by atoms with Crippen LogP contribution in [0.15, 0.2) is 85.1 Å².